The molecule has 3 rings (SSSR count). The molecule has 0 bridgehead atoms. The molecular formula is C21H19BrN2O2. The number of aryl methyl sites for hydroxylation is 1. The first-order valence-electron chi connectivity index (χ1n) is 8.41. The predicted molar refractivity (Wildman–Crippen MR) is 108 cm³/mol. The van der Waals surface area contributed by atoms with Crippen molar-refractivity contribution in [2.75, 3.05) is 5.32 Å². The number of carbonyl (C=O) groups excluding carboxylic acids is 1. The Kier molecular flexibility index (Phi) is 5.68. The van der Waals surface area contributed by atoms with Gasteiger partial charge in [-0.05, 0) is 47.9 Å². The fourth-order valence-corrected chi connectivity index (χ4v) is 3.03. The summed E-state index contributed by atoms with van der Waals surface area (Å²) in [6.45, 7) is 2.44. The molecule has 5 heteroatoms. The van der Waals surface area contributed by atoms with Crippen LogP contribution in [0.1, 0.15) is 28.4 Å². The Morgan fingerprint density at radius 3 is 2.50 bits per heavy atom. The number of pyridine rings is 1. The maximum Gasteiger partial charge on any atom is 0.263 e. The highest BCUT2D eigenvalue weighted by atomic mass is 79.9. The highest BCUT2D eigenvalue weighted by Crippen LogP contribution is 2.16. The van der Waals surface area contributed by atoms with Crippen LogP contribution in [-0.4, -0.2) is 10.5 Å². The second-order valence-corrected chi connectivity index (χ2v) is 6.86. The summed E-state index contributed by atoms with van der Waals surface area (Å²) < 4.78 is 2.53. The average molecular weight is 411 g/mol. The number of amides is 1. The van der Waals surface area contributed by atoms with Gasteiger partial charge in [0, 0.05) is 16.4 Å². The van der Waals surface area contributed by atoms with Gasteiger partial charge >= 0.3 is 0 Å². The number of hydrogen-bond donors (Lipinski definition) is 1. The number of rotatable bonds is 5. The summed E-state index contributed by atoms with van der Waals surface area (Å²) in [6.07, 6.45) is 2.50. The fraction of sp³-hybridized carbons (Fsp3) is 0.143. The largest absolute Gasteiger partial charge is 0.322 e. The van der Waals surface area contributed by atoms with Crippen molar-refractivity contribution in [2.45, 2.75) is 19.9 Å². The van der Waals surface area contributed by atoms with Gasteiger partial charge in [-0.3, -0.25) is 9.59 Å². The molecule has 4 nitrogen and oxygen atoms in total. The summed E-state index contributed by atoms with van der Waals surface area (Å²) in [7, 11) is 0. The van der Waals surface area contributed by atoms with Crippen LogP contribution in [0.4, 0.5) is 5.69 Å². The zero-order chi connectivity index (χ0) is 18.5. The van der Waals surface area contributed by atoms with Crippen LogP contribution in [0, 0.1) is 0 Å². The Balaban J connectivity index is 1.85. The first-order valence-corrected chi connectivity index (χ1v) is 9.21. The van der Waals surface area contributed by atoms with Crippen molar-refractivity contribution in [1.82, 2.24) is 4.57 Å². The molecular weight excluding hydrogens is 392 g/mol. The topological polar surface area (TPSA) is 51.1 Å². The van der Waals surface area contributed by atoms with Gasteiger partial charge in [-0.2, -0.15) is 0 Å². The molecule has 0 saturated heterocycles. The molecule has 0 spiro atoms. The van der Waals surface area contributed by atoms with Crippen molar-refractivity contribution < 1.29 is 4.79 Å². The molecule has 1 N–H and O–H groups in total. The number of anilines is 1. The van der Waals surface area contributed by atoms with Crippen molar-refractivity contribution in [2.24, 2.45) is 0 Å². The third-order valence-electron chi connectivity index (χ3n) is 4.18. The molecule has 0 fully saturated rings. The number of para-hydroxylation sites is 1. The van der Waals surface area contributed by atoms with E-state index in [1.54, 1.807) is 22.9 Å². The first-order chi connectivity index (χ1) is 12.6. The third kappa shape index (κ3) is 4.11. The second kappa shape index (κ2) is 8.15. The van der Waals surface area contributed by atoms with Gasteiger partial charge in [0.05, 0.1) is 6.54 Å². The summed E-state index contributed by atoms with van der Waals surface area (Å²) >= 11 is 3.40. The summed E-state index contributed by atoms with van der Waals surface area (Å²) in [4.78, 5) is 25.3. The van der Waals surface area contributed by atoms with E-state index >= 15 is 0 Å². The number of nitrogens with zero attached hydrogens (tertiary/aromatic N) is 1. The number of nitrogens with one attached hydrogen (secondary N) is 1. The number of aromatic nitrogens is 1. The molecule has 132 valence electrons. The van der Waals surface area contributed by atoms with E-state index in [4.69, 9.17) is 0 Å². The van der Waals surface area contributed by atoms with Gasteiger partial charge in [0.15, 0.2) is 0 Å². The van der Waals surface area contributed by atoms with Crippen LogP contribution in [0.15, 0.2) is 76.1 Å². The molecule has 0 radical (unpaired) electrons. The van der Waals surface area contributed by atoms with Crippen LogP contribution >= 0.6 is 15.9 Å². The van der Waals surface area contributed by atoms with Crippen molar-refractivity contribution >= 4 is 27.5 Å². The van der Waals surface area contributed by atoms with Crippen LogP contribution < -0.4 is 10.9 Å². The minimum absolute atomic E-state index is 0.135. The van der Waals surface area contributed by atoms with Crippen molar-refractivity contribution in [3.8, 4) is 0 Å². The molecule has 3 aromatic rings. The zero-order valence-electron chi connectivity index (χ0n) is 14.4. The Bertz CT molecular complexity index is 978. The van der Waals surface area contributed by atoms with Crippen LogP contribution in [0.25, 0.3) is 0 Å². The molecule has 26 heavy (non-hydrogen) atoms. The number of benzene rings is 2. The Morgan fingerprint density at radius 1 is 1.04 bits per heavy atom. The summed E-state index contributed by atoms with van der Waals surface area (Å²) in [5.41, 5.74) is 2.59. The first kappa shape index (κ1) is 18.1. The molecule has 1 heterocycles. The van der Waals surface area contributed by atoms with E-state index in [-0.39, 0.29) is 17.0 Å². The molecule has 0 aliphatic rings. The van der Waals surface area contributed by atoms with Crippen LogP contribution in [0.5, 0.6) is 0 Å². The van der Waals surface area contributed by atoms with Gasteiger partial charge in [-0.1, -0.05) is 53.2 Å². The van der Waals surface area contributed by atoms with E-state index in [1.807, 2.05) is 55.5 Å². The van der Waals surface area contributed by atoms with E-state index in [0.29, 0.717) is 6.54 Å². The van der Waals surface area contributed by atoms with E-state index < -0.39 is 0 Å². The Hall–Kier alpha value is -2.66. The molecule has 0 unspecified atom stereocenters. The predicted octanol–water partition coefficient (Wildman–Crippen LogP) is 4.47. The van der Waals surface area contributed by atoms with Crippen LogP contribution in [0.3, 0.4) is 0 Å². The van der Waals surface area contributed by atoms with Crippen LogP contribution in [0.2, 0.25) is 0 Å². The SMILES string of the molecule is CCc1ccccc1NC(=O)c1cccn(Cc2ccc(Br)cc2)c1=O. The minimum atomic E-state index is -0.388. The quantitative estimate of drug-likeness (QED) is 0.674. The van der Waals surface area contributed by atoms with E-state index in [1.165, 1.54) is 0 Å². The highest BCUT2D eigenvalue weighted by molar-refractivity contribution is 9.10. The van der Waals surface area contributed by atoms with Crippen LogP contribution in [-0.2, 0) is 13.0 Å². The van der Waals surface area contributed by atoms with Gasteiger partial charge in [0.1, 0.15) is 5.56 Å². The van der Waals surface area contributed by atoms with Gasteiger partial charge < -0.3 is 9.88 Å². The lowest BCUT2D eigenvalue weighted by Gasteiger charge is -2.11. The lowest BCUT2D eigenvalue weighted by molar-refractivity contribution is 0.102. The summed E-state index contributed by atoms with van der Waals surface area (Å²) in [6, 6.07) is 18.6. The summed E-state index contributed by atoms with van der Waals surface area (Å²) in [5.74, 6) is -0.388. The molecule has 0 atom stereocenters. The molecule has 1 amide bonds. The maximum absolute atomic E-state index is 12.7. The van der Waals surface area contributed by atoms with E-state index in [0.717, 1.165) is 27.7 Å². The molecule has 0 aliphatic heterocycles. The third-order valence-corrected chi connectivity index (χ3v) is 4.71. The van der Waals surface area contributed by atoms with E-state index in [2.05, 4.69) is 21.2 Å². The number of hydrogen-bond acceptors (Lipinski definition) is 2. The normalized spacial score (nSPS) is 10.5. The number of carbonyl (C=O) groups is 1. The monoisotopic (exact) mass is 410 g/mol. The summed E-state index contributed by atoms with van der Waals surface area (Å²) in [5, 5.41) is 2.86. The molecule has 0 saturated carbocycles. The molecule has 2 aromatic carbocycles. The maximum atomic E-state index is 12.7. The second-order valence-electron chi connectivity index (χ2n) is 5.95. The van der Waals surface area contributed by atoms with Gasteiger partial charge in [-0.25, -0.2) is 0 Å². The van der Waals surface area contributed by atoms with Crippen molar-refractivity contribution in [1.29, 1.82) is 0 Å². The van der Waals surface area contributed by atoms with Crippen molar-refractivity contribution in [3.63, 3.8) is 0 Å². The molecule has 1 aromatic heterocycles. The standard InChI is InChI=1S/C21H19BrN2O2/c1-2-16-6-3-4-8-19(16)23-20(25)18-7-5-13-24(21(18)26)14-15-9-11-17(22)12-10-15/h3-13H,2,14H2,1H3,(H,23,25). The lowest BCUT2D eigenvalue weighted by Crippen LogP contribution is -2.29. The zero-order valence-corrected chi connectivity index (χ0v) is 16.0. The fourth-order valence-electron chi connectivity index (χ4n) is 2.76. The van der Waals surface area contributed by atoms with Gasteiger partial charge in [0.25, 0.3) is 11.5 Å². The Morgan fingerprint density at radius 2 is 1.77 bits per heavy atom. The minimum Gasteiger partial charge on any atom is -0.322 e. The van der Waals surface area contributed by atoms with E-state index in [9.17, 15) is 9.59 Å². The van der Waals surface area contributed by atoms with Crippen molar-refractivity contribution in [3.05, 3.63) is 98.4 Å². The lowest BCUT2D eigenvalue weighted by atomic mass is 10.1. The number of halogens is 1. The Labute approximate surface area is 160 Å². The molecule has 0 aliphatic carbocycles. The van der Waals surface area contributed by atoms with Gasteiger partial charge in [-0.15, -0.1) is 0 Å². The smallest absolute Gasteiger partial charge is 0.263 e. The average Bonchev–Trinajstić information content (AvgIpc) is 2.65. The highest BCUT2D eigenvalue weighted by Gasteiger charge is 2.13. The van der Waals surface area contributed by atoms with Gasteiger partial charge in [0.2, 0.25) is 0 Å².